The molecule has 0 radical (unpaired) electrons. The standard InChI is InChI=1S/C24H26N2O4/c1-17-15-21(18(2)26(17)13-14-29-3)22(27)16-30-23-12-8-7-11-20(23)24(28)25-19-9-5-4-6-10-19/h4-12,15H,13-14,16H2,1-3H3,(H,25,28). The number of carbonyl (C=O) groups excluding carboxylic acids is 2. The molecule has 30 heavy (non-hydrogen) atoms. The van der Waals surface area contributed by atoms with Gasteiger partial charge in [0.1, 0.15) is 5.75 Å². The molecule has 1 aromatic heterocycles. The van der Waals surface area contributed by atoms with Crippen molar-refractivity contribution >= 4 is 17.4 Å². The number of aryl methyl sites for hydroxylation is 1. The third kappa shape index (κ3) is 4.96. The summed E-state index contributed by atoms with van der Waals surface area (Å²) < 4.78 is 12.9. The summed E-state index contributed by atoms with van der Waals surface area (Å²) in [5, 5.41) is 2.84. The molecule has 0 aliphatic heterocycles. The van der Waals surface area contributed by atoms with Crippen LogP contribution in [0, 0.1) is 13.8 Å². The van der Waals surface area contributed by atoms with Gasteiger partial charge in [-0.1, -0.05) is 30.3 Å². The van der Waals surface area contributed by atoms with Crippen LogP contribution in [0.4, 0.5) is 5.69 Å². The Labute approximate surface area is 176 Å². The van der Waals surface area contributed by atoms with E-state index in [0.717, 1.165) is 11.4 Å². The van der Waals surface area contributed by atoms with E-state index < -0.39 is 0 Å². The van der Waals surface area contributed by atoms with Gasteiger partial charge in [0.25, 0.3) is 5.91 Å². The quantitative estimate of drug-likeness (QED) is 0.539. The maximum absolute atomic E-state index is 12.8. The lowest BCUT2D eigenvalue weighted by Gasteiger charge is -2.12. The first-order valence-corrected chi connectivity index (χ1v) is 9.78. The first-order valence-electron chi connectivity index (χ1n) is 9.78. The number of methoxy groups -OCH3 is 1. The van der Waals surface area contributed by atoms with Gasteiger partial charge in [-0.2, -0.15) is 0 Å². The molecular formula is C24H26N2O4. The Hall–Kier alpha value is -3.38. The molecule has 1 N–H and O–H groups in total. The number of benzene rings is 2. The molecule has 0 fully saturated rings. The minimum atomic E-state index is -0.290. The number of rotatable bonds is 9. The Morgan fingerprint density at radius 2 is 1.67 bits per heavy atom. The second-order valence-electron chi connectivity index (χ2n) is 6.96. The van der Waals surface area contributed by atoms with Crippen LogP contribution in [-0.4, -0.2) is 36.6 Å². The number of hydrogen-bond donors (Lipinski definition) is 1. The molecule has 1 amide bonds. The SMILES string of the molecule is COCCn1c(C)cc(C(=O)COc2ccccc2C(=O)Nc2ccccc2)c1C. The summed E-state index contributed by atoms with van der Waals surface area (Å²) in [5.41, 5.74) is 3.57. The van der Waals surface area contributed by atoms with Gasteiger partial charge in [-0.15, -0.1) is 0 Å². The molecule has 156 valence electrons. The molecule has 3 aromatic rings. The fourth-order valence-corrected chi connectivity index (χ4v) is 3.33. The smallest absolute Gasteiger partial charge is 0.259 e. The summed E-state index contributed by atoms with van der Waals surface area (Å²) in [5.74, 6) is -0.0560. The van der Waals surface area contributed by atoms with Crippen molar-refractivity contribution in [1.82, 2.24) is 4.57 Å². The molecule has 6 heteroatoms. The van der Waals surface area contributed by atoms with E-state index in [1.807, 2.05) is 50.2 Å². The lowest BCUT2D eigenvalue weighted by molar-refractivity contribution is 0.0913. The van der Waals surface area contributed by atoms with Crippen molar-refractivity contribution in [2.24, 2.45) is 0 Å². The monoisotopic (exact) mass is 406 g/mol. The van der Waals surface area contributed by atoms with Crippen molar-refractivity contribution < 1.29 is 19.1 Å². The van der Waals surface area contributed by atoms with Gasteiger partial charge in [0, 0.05) is 36.3 Å². The second-order valence-corrected chi connectivity index (χ2v) is 6.96. The van der Waals surface area contributed by atoms with Crippen molar-refractivity contribution in [2.45, 2.75) is 20.4 Å². The topological polar surface area (TPSA) is 69.6 Å². The van der Waals surface area contributed by atoms with Crippen LogP contribution in [0.3, 0.4) is 0 Å². The van der Waals surface area contributed by atoms with Crippen molar-refractivity contribution in [1.29, 1.82) is 0 Å². The largest absolute Gasteiger partial charge is 0.485 e. The van der Waals surface area contributed by atoms with Crippen molar-refractivity contribution in [3.63, 3.8) is 0 Å². The van der Waals surface area contributed by atoms with Gasteiger partial charge in [-0.25, -0.2) is 0 Å². The number of nitrogens with zero attached hydrogens (tertiary/aromatic N) is 1. The number of hydrogen-bond acceptors (Lipinski definition) is 4. The van der Waals surface area contributed by atoms with Gasteiger partial charge in [0.2, 0.25) is 5.78 Å². The van der Waals surface area contributed by atoms with Crippen LogP contribution < -0.4 is 10.1 Å². The van der Waals surface area contributed by atoms with Crippen LogP contribution in [0.25, 0.3) is 0 Å². The number of anilines is 1. The summed E-state index contributed by atoms with van der Waals surface area (Å²) in [4.78, 5) is 25.4. The summed E-state index contributed by atoms with van der Waals surface area (Å²) in [6, 6.07) is 18.0. The first kappa shape index (κ1) is 21.3. The fourth-order valence-electron chi connectivity index (χ4n) is 3.33. The minimum Gasteiger partial charge on any atom is -0.485 e. The molecule has 2 aromatic carbocycles. The second kappa shape index (κ2) is 9.89. The first-order chi connectivity index (χ1) is 14.5. The summed E-state index contributed by atoms with van der Waals surface area (Å²) in [6.45, 7) is 4.99. The normalized spacial score (nSPS) is 10.6. The highest BCUT2D eigenvalue weighted by molar-refractivity contribution is 6.06. The van der Waals surface area contributed by atoms with Gasteiger partial charge in [-0.3, -0.25) is 9.59 Å². The average molecular weight is 406 g/mol. The van der Waals surface area contributed by atoms with Gasteiger partial charge in [0.05, 0.1) is 12.2 Å². The lowest BCUT2D eigenvalue weighted by Crippen LogP contribution is -2.17. The summed E-state index contributed by atoms with van der Waals surface area (Å²) >= 11 is 0. The van der Waals surface area contributed by atoms with E-state index >= 15 is 0 Å². The molecule has 0 saturated carbocycles. The number of para-hydroxylation sites is 2. The van der Waals surface area contributed by atoms with Crippen molar-refractivity contribution in [3.8, 4) is 5.75 Å². The number of nitrogens with one attached hydrogen (secondary N) is 1. The molecule has 6 nitrogen and oxygen atoms in total. The highest BCUT2D eigenvalue weighted by Crippen LogP contribution is 2.21. The molecule has 0 atom stereocenters. The number of amides is 1. The van der Waals surface area contributed by atoms with E-state index in [-0.39, 0.29) is 18.3 Å². The van der Waals surface area contributed by atoms with Crippen LogP contribution in [0.1, 0.15) is 32.1 Å². The Balaban J connectivity index is 1.71. The molecule has 3 rings (SSSR count). The third-order valence-corrected chi connectivity index (χ3v) is 4.92. The molecule has 0 bridgehead atoms. The zero-order valence-corrected chi connectivity index (χ0v) is 17.5. The maximum Gasteiger partial charge on any atom is 0.259 e. The van der Waals surface area contributed by atoms with Crippen LogP contribution in [0.2, 0.25) is 0 Å². The van der Waals surface area contributed by atoms with Gasteiger partial charge in [-0.05, 0) is 44.2 Å². The molecule has 0 aliphatic carbocycles. The predicted molar refractivity (Wildman–Crippen MR) is 116 cm³/mol. The third-order valence-electron chi connectivity index (χ3n) is 4.92. The fraction of sp³-hybridized carbons (Fsp3) is 0.250. The number of Topliss-reactive ketones (excluding diaryl/α,β-unsaturated/α-hetero) is 1. The van der Waals surface area contributed by atoms with Gasteiger partial charge >= 0.3 is 0 Å². The highest BCUT2D eigenvalue weighted by Gasteiger charge is 2.18. The van der Waals surface area contributed by atoms with E-state index in [9.17, 15) is 9.59 Å². The van der Waals surface area contributed by atoms with E-state index in [1.54, 1.807) is 31.4 Å². The molecule has 0 spiro atoms. The number of ketones is 1. The van der Waals surface area contributed by atoms with Crippen LogP contribution in [-0.2, 0) is 11.3 Å². The maximum atomic E-state index is 12.8. The number of carbonyl (C=O) groups is 2. The average Bonchev–Trinajstić information content (AvgIpc) is 3.05. The summed E-state index contributed by atoms with van der Waals surface area (Å²) in [7, 11) is 1.65. The van der Waals surface area contributed by atoms with Crippen LogP contribution >= 0.6 is 0 Å². The van der Waals surface area contributed by atoms with E-state index in [2.05, 4.69) is 9.88 Å². The van der Waals surface area contributed by atoms with E-state index in [0.29, 0.717) is 35.7 Å². The zero-order chi connectivity index (χ0) is 21.5. The molecular weight excluding hydrogens is 380 g/mol. The lowest BCUT2D eigenvalue weighted by atomic mass is 10.1. The predicted octanol–water partition coefficient (Wildman–Crippen LogP) is 4.27. The van der Waals surface area contributed by atoms with E-state index in [1.165, 1.54) is 0 Å². The Morgan fingerprint density at radius 3 is 2.40 bits per heavy atom. The van der Waals surface area contributed by atoms with Gasteiger partial charge < -0.3 is 19.4 Å². The Morgan fingerprint density at radius 1 is 0.967 bits per heavy atom. The molecule has 0 aliphatic rings. The van der Waals surface area contributed by atoms with Crippen molar-refractivity contribution in [3.05, 3.63) is 83.2 Å². The van der Waals surface area contributed by atoms with Crippen molar-refractivity contribution in [2.75, 3.05) is 25.6 Å². The zero-order valence-electron chi connectivity index (χ0n) is 17.5. The molecule has 1 heterocycles. The number of aromatic nitrogens is 1. The van der Waals surface area contributed by atoms with E-state index in [4.69, 9.17) is 9.47 Å². The Bertz CT molecular complexity index is 1020. The molecule has 0 saturated heterocycles. The highest BCUT2D eigenvalue weighted by atomic mass is 16.5. The molecule has 0 unspecified atom stereocenters. The number of ether oxygens (including phenoxy) is 2. The van der Waals surface area contributed by atoms with Crippen LogP contribution in [0.15, 0.2) is 60.7 Å². The Kier molecular flexibility index (Phi) is 7.03. The minimum absolute atomic E-state index is 0.134. The van der Waals surface area contributed by atoms with Crippen LogP contribution in [0.5, 0.6) is 5.75 Å². The summed E-state index contributed by atoms with van der Waals surface area (Å²) in [6.07, 6.45) is 0. The van der Waals surface area contributed by atoms with Gasteiger partial charge in [0.15, 0.2) is 6.61 Å².